The van der Waals surface area contributed by atoms with Crippen molar-refractivity contribution >= 4 is 29.0 Å². The molecule has 0 aliphatic heterocycles. The number of benzene rings is 1. The number of aliphatic carboxylic acids is 1. The van der Waals surface area contributed by atoms with Crippen LogP contribution in [0.4, 0.5) is 0 Å². The molecule has 1 amide bonds. The van der Waals surface area contributed by atoms with E-state index in [9.17, 15) is 19.5 Å². The number of amides is 1. The van der Waals surface area contributed by atoms with Crippen molar-refractivity contribution < 1.29 is 19.5 Å². The number of carbonyl (C=O) groups is 3. The molecule has 0 aliphatic rings. The molecule has 0 bridgehead atoms. The maximum absolute atomic E-state index is 12.9. The van der Waals surface area contributed by atoms with Gasteiger partial charge in [-0.1, -0.05) is 36.4 Å². The van der Waals surface area contributed by atoms with E-state index in [2.05, 4.69) is 15.3 Å². The van der Waals surface area contributed by atoms with Gasteiger partial charge in [0.2, 0.25) is 5.91 Å². The number of hydrogen-bond donors (Lipinski definition) is 3. The number of H-pyrrole nitrogens is 1. The summed E-state index contributed by atoms with van der Waals surface area (Å²) in [5.41, 5.74) is 1.51. The van der Waals surface area contributed by atoms with Gasteiger partial charge in [0.15, 0.2) is 5.78 Å². The lowest BCUT2D eigenvalue weighted by Gasteiger charge is -2.20. The second-order valence-corrected chi connectivity index (χ2v) is 7.62. The van der Waals surface area contributed by atoms with Crippen molar-refractivity contribution in [1.82, 2.24) is 15.3 Å². The van der Waals surface area contributed by atoms with Gasteiger partial charge < -0.3 is 15.4 Å². The molecule has 3 N–H and O–H groups in total. The fourth-order valence-electron chi connectivity index (χ4n) is 3.02. The average molecular weight is 411 g/mol. The van der Waals surface area contributed by atoms with Crippen LogP contribution in [-0.4, -0.2) is 38.8 Å². The Hall–Kier alpha value is -3.26. The Kier molecular flexibility index (Phi) is 6.91. The Bertz CT molecular complexity index is 940. The highest BCUT2D eigenvalue weighted by molar-refractivity contribution is 7.12. The first kappa shape index (κ1) is 20.5. The third kappa shape index (κ3) is 5.86. The molecule has 0 radical (unpaired) electrons. The zero-order valence-corrected chi connectivity index (χ0v) is 16.4. The lowest BCUT2D eigenvalue weighted by Crippen LogP contribution is -2.45. The van der Waals surface area contributed by atoms with Gasteiger partial charge >= 0.3 is 5.97 Å². The van der Waals surface area contributed by atoms with E-state index in [1.54, 1.807) is 12.1 Å². The Morgan fingerprint density at radius 3 is 2.52 bits per heavy atom. The molecule has 0 saturated heterocycles. The van der Waals surface area contributed by atoms with E-state index in [0.29, 0.717) is 17.0 Å². The maximum Gasteiger partial charge on any atom is 0.326 e. The fraction of sp³-hybridized carbons (Fsp3) is 0.238. The molecule has 1 unspecified atom stereocenters. The van der Waals surface area contributed by atoms with Gasteiger partial charge in [-0.2, -0.15) is 0 Å². The van der Waals surface area contributed by atoms with Crippen LogP contribution >= 0.6 is 11.3 Å². The van der Waals surface area contributed by atoms with Crippen molar-refractivity contribution in [2.75, 3.05) is 0 Å². The molecule has 3 aromatic rings. The molecule has 150 valence electrons. The minimum Gasteiger partial charge on any atom is -0.480 e. The third-order valence-electron chi connectivity index (χ3n) is 4.52. The second-order valence-electron chi connectivity index (χ2n) is 6.67. The van der Waals surface area contributed by atoms with Crippen molar-refractivity contribution in [1.29, 1.82) is 0 Å². The number of rotatable bonds is 10. The summed E-state index contributed by atoms with van der Waals surface area (Å²) in [5, 5.41) is 13.9. The van der Waals surface area contributed by atoms with Crippen molar-refractivity contribution in [2.24, 2.45) is 5.92 Å². The smallest absolute Gasteiger partial charge is 0.326 e. The molecule has 1 aromatic carbocycles. The van der Waals surface area contributed by atoms with Gasteiger partial charge in [-0.25, -0.2) is 9.78 Å². The standard InChI is InChI=1S/C21H21N3O4S/c25-18(19-7-4-8-29-19)10-15(9-14-5-2-1-3-6-14)20(26)24-17(21(27)28)11-16-12-22-13-23-16/h1-8,12-13,15,17H,9-11H2,(H,22,23)(H,24,26)(H,27,28)/t15?,17-/m0/s1. The third-order valence-corrected chi connectivity index (χ3v) is 5.43. The average Bonchev–Trinajstić information content (AvgIpc) is 3.41. The van der Waals surface area contributed by atoms with Crippen molar-refractivity contribution in [2.45, 2.75) is 25.3 Å². The number of imidazole rings is 1. The number of carbonyl (C=O) groups excluding carboxylic acids is 2. The monoisotopic (exact) mass is 411 g/mol. The lowest BCUT2D eigenvalue weighted by atomic mass is 9.92. The molecular formula is C21H21N3O4S. The SMILES string of the molecule is O=C(CC(Cc1ccccc1)C(=O)N[C@@H](Cc1cnc[nH]1)C(=O)O)c1cccs1. The Balaban J connectivity index is 1.74. The number of ketones is 1. The molecule has 0 aliphatic carbocycles. The molecule has 0 fully saturated rings. The Morgan fingerprint density at radius 2 is 1.90 bits per heavy atom. The predicted molar refractivity (Wildman–Crippen MR) is 109 cm³/mol. The van der Waals surface area contributed by atoms with E-state index in [4.69, 9.17) is 0 Å². The summed E-state index contributed by atoms with van der Waals surface area (Å²) in [6.07, 6.45) is 3.41. The number of nitrogens with one attached hydrogen (secondary N) is 2. The van der Waals surface area contributed by atoms with Gasteiger partial charge in [0, 0.05) is 30.7 Å². The first-order chi connectivity index (χ1) is 14.0. The highest BCUT2D eigenvalue weighted by atomic mass is 32.1. The van der Waals surface area contributed by atoms with Crippen molar-refractivity contribution in [3.63, 3.8) is 0 Å². The van der Waals surface area contributed by atoms with E-state index in [1.165, 1.54) is 23.9 Å². The summed E-state index contributed by atoms with van der Waals surface area (Å²) in [6, 6.07) is 11.8. The van der Waals surface area contributed by atoms with Crippen LogP contribution in [0.5, 0.6) is 0 Å². The first-order valence-corrected chi connectivity index (χ1v) is 10.0. The summed E-state index contributed by atoms with van der Waals surface area (Å²) in [5.74, 6) is -2.39. The summed E-state index contributed by atoms with van der Waals surface area (Å²) < 4.78 is 0. The normalized spacial score (nSPS) is 12.8. The minimum atomic E-state index is -1.14. The number of thiophene rings is 1. The van der Waals surface area contributed by atoms with E-state index in [0.717, 1.165) is 5.56 Å². The number of aromatic amines is 1. The number of carboxylic acids is 1. The number of carboxylic acid groups (broad SMARTS) is 1. The topological polar surface area (TPSA) is 112 Å². The fourth-order valence-corrected chi connectivity index (χ4v) is 3.70. The van der Waals surface area contributed by atoms with Gasteiger partial charge in [0.05, 0.1) is 11.2 Å². The number of hydrogen-bond acceptors (Lipinski definition) is 5. The molecule has 0 spiro atoms. The zero-order valence-electron chi connectivity index (χ0n) is 15.6. The van der Waals surface area contributed by atoms with Gasteiger partial charge in [-0.05, 0) is 23.4 Å². The maximum atomic E-state index is 12.9. The summed E-state index contributed by atoms with van der Waals surface area (Å²) in [4.78, 5) is 44.5. The minimum absolute atomic E-state index is 0.0115. The molecular weight excluding hydrogens is 390 g/mol. The summed E-state index contributed by atoms with van der Waals surface area (Å²) in [6.45, 7) is 0. The van der Waals surface area contributed by atoms with Crippen LogP contribution in [-0.2, 0) is 22.4 Å². The van der Waals surface area contributed by atoms with Gasteiger partial charge in [0.1, 0.15) is 6.04 Å². The van der Waals surface area contributed by atoms with Gasteiger partial charge in [-0.15, -0.1) is 11.3 Å². The highest BCUT2D eigenvalue weighted by Gasteiger charge is 2.28. The lowest BCUT2D eigenvalue weighted by molar-refractivity contribution is -0.142. The summed E-state index contributed by atoms with van der Waals surface area (Å²) in [7, 11) is 0. The van der Waals surface area contributed by atoms with Crippen molar-refractivity contribution in [3.05, 3.63) is 76.5 Å². The van der Waals surface area contributed by atoms with Gasteiger partial charge in [0.25, 0.3) is 0 Å². The predicted octanol–water partition coefficient (Wildman–Crippen LogP) is 2.72. The van der Waals surface area contributed by atoms with Crippen LogP contribution in [0, 0.1) is 5.92 Å². The van der Waals surface area contributed by atoms with Gasteiger partial charge in [-0.3, -0.25) is 9.59 Å². The Morgan fingerprint density at radius 1 is 1.10 bits per heavy atom. The number of nitrogens with zero attached hydrogens (tertiary/aromatic N) is 1. The molecule has 29 heavy (non-hydrogen) atoms. The number of aromatic nitrogens is 2. The molecule has 2 atom stereocenters. The van der Waals surface area contributed by atoms with Crippen LogP contribution in [0.3, 0.4) is 0 Å². The first-order valence-electron chi connectivity index (χ1n) is 9.14. The molecule has 2 aromatic heterocycles. The highest BCUT2D eigenvalue weighted by Crippen LogP contribution is 2.19. The van der Waals surface area contributed by atoms with E-state index in [1.807, 2.05) is 35.7 Å². The number of Topliss-reactive ketones (excluding diaryl/α,β-unsaturated/α-hetero) is 1. The van der Waals surface area contributed by atoms with E-state index in [-0.39, 0.29) is 18.6 Å². The van der Waals surface area contributed by atoms with Crippen LogP contribution < -0.4 is 5.32 Å². The Labute approximate surface area is 171 Å². The second kappa shape index (κ2) is 9.79. The van der Waals surface area contributed by atoms with Crippen LogP contribution in [0.25, 0.3) is 0 Å². The molecule has 2 heterocycles. The molecule has 8 heteroatoms. The molecule has 0 saturated carbocycles. The zero-order chi connectivity index (χ0) is 20.6. The van der Waals surface area contributed by atoms with E-state index < -0.39 is 23.8 Å². The van der Waals surface area contributed by atoms with Crippen LogP contribution in [0.1, 0.15) is 27.3 Å². The summed E-state index contributed by atoms with van der Waals surface area (Å²) >= 11 is 1.33. The molecule has 3 rings (SSSR count). The quantitative estimate of drug-likeness (QED) is 0.444. The molecule has 7 nitrogen and oxygen atoms in total. The van der Waals surface area contributed by atoms with Crippen molar-refractivity contribution in [3.8, 4) is 0 Å². The van der Waals surface area contributed by atoms with E-state index >= 15 is 0 Å². The largest absolute Gasteiger partial charge is 0.480 e. The van der Waals surface area contributed by atoms with Crippen LogP contribution in [0.2, 0.25) is 0 Å². The van der Waals surface area contributed by atoms with Crippen LogP contribution in [0.15, 0.2) is 60.4 Å².